The standard InChI is InChI=1S/C17H17ClFN3O/c18-14-3-1-2-4-15(14)21-17(23)20-8-10-22-9-7-12-11-13(19)5-6-16(12)22/h1-6,11H,7-10H2,(H2,20,21,23). The number of nitrogens with zero attached hydrogens (tertiary/aromatic N) is 1. The summed E-state index contributed by atoms with van der Waals surface area (Å²) in [7, 11) is 0. The average molecular weight is 334 g/mol. The minimum atomic E-state index is -0.295. The molecule has 2 N–H and O–H groups in total. The van der Waals surface area contributed by atoms with E-state index in [0.717, 1.165) is 24.2 Å². The van der Waals surface area contributed by atoms with Gasteiger partial charge in [-0.25, -0.2) is 9.18 Å². The molecule has 120 valence electrons. The van der Waals surface area contributed by atoms with Crippen molar-refractivity contribution in [2.75, 3.05) is 29.9 Å². The zero-order chi connectivity index (χ0) is 16.2. The van der Waals surface area contributed by atoms with Crippen LogP contribution < -0.4 is 15.5 Å². The quantitative estimate of drug-likeness (QED) is 0.896. The highest BCUT2D eigenvalue weighted by molar-refractivity contribution is 6.33. The maximum atomic E-state index is 13.2. The van der Waals surface area contributed by atoms with Gasteiger partial charge in [0.2, 0.25) is 0 Å². The number of rotatable bonds is 4. The van der Waals surface area contributed by atoms with Gasteiger partial charge in [-0.2, -0.15) is 0 Å². The van der Waals surface area contributed by atoms with Crippen molar-refractivity contribution in [3.05, 3.63) is 58.9 Å². The van der Waals surface area contributed by atoms with Crippen LogP contribution in [0.15, 0.2) is 42.5 Å². The highest BCUT2D eigenvalue weighted by Crippen LogP contribution is 2.27. The molecule has 2 aromatic carbocycles. The molecule has 2 amide bonds. The lowest BCUT2D eigenvalue weighted by Gasteiger charge is -2.19. The van der Waals surface area contributed by atoms with E-state index in [4.69, 9.17) is 11.6 Å². The van der Waals surface area contributed by atoms with Crippen LogP contribution in [0.5, 0.6) is 0 Å². The van der Waals surface area contributed by atoms with E-state index in [1.54, 1.807) is 30.3 Å². The van der Waals surface area contributed by atoms with Crippen molar-refractivity contribution in [2.45, 2.75) is 6.42 Å². The molecule has 0 unspecified atom stereocenters. The fourth-order valence-electron chi connectivity index (χ4n) is 2.70. The number of amides is 2. The molecule has 0 bridgehead atoms. The predicted molar refractivity (Wildman–Crippen MR) is 90.8 cm³/mol. The number of hydrogen-bond acceptors (Lipinski definition) is 2. The summed E-state index contributed by atoms with van der Waals surface area (Å²) in [5.41, 5.74) is 2.64. The summed E-state index contributed by atoms with van der Waals surface area (Å²) in [6.45, 7) is 2.01. The molecule has 0 spiro atoms. The summed E-state index contributed by atoms with van der Waals surface area (Å²) in [4.78, 5) is 14.0. The van der Waals surface area contributed by atoms with Gasteiger partial charge in [-0.3, -0.25) is 0 Å². The fraction of sp³-hybridized carbons (Fsp3) is 0.235. The summed E-state index contributed by atoms with van der Waals surface area (Å²) in [6.07, 6.45) is 0.832. The van der Waals surface area contributed by atoms with Crippen molar-refractivity contribution in [1.29, 1.82) is 0 Å². The Morgan fingerprint density at radius 3 is 2.91 bits per heavy atom. The minimum absolute atomic E-state index is 0.206. The molecule has 2 aromatic rings. The molecule has 4 nitrogen and oxygen atoms in total. The summed E-state index contributed by atoms with van der Waals surface area (Å²) >= 11 is 5.99. The van der Waals surface area contributed by atoms with Crippen LogP contribution >= 0.6 is 11.6 Å². The van der Waals surface area contributed by atoms with Gasteiger partial charge in [-0.15, -0.1) is 0 Å². The molecule has 1 heterocycles. The molecule has 0 saturated heterocycles. The molecule has 3 rings (SSSR count). The second kappa shape index (κ2) is 6.87. The van der Waals surface area contributed by atoms with Gasteiger partial charge in [-0.05, 0) is 42.3 Å². The van der Waals surface area contributed by atoms with Crippen LogP contribution in [0, 0.1) is 5.82 Å². The smallest absolute Gasteiger partial charge is 0.319 e. The molecular formula is C17H17ClFN3O. The second-order valence-corrected chi connectivity index (χ2v) is 5.78. The van der Waals surface area contributed by atoms with Crippen molar-refractivity contribution >= 4 is 29.0 Å². The zero-order valence-corrected chi connectivity index (χ0v) is 13.2. The Bertz CT molecular complexity index is 723. The molecule has 0 atom stereocenters. The molecule has 0 saturated carbocycles. The normalized spacial score (nSPS) is 12.9. The van der Waals surface area contributed by atoms with Gasteiger partial charge in [0.15, 0.2) is 0 Å². The van der Waals surface area contributed by atoms with Crippen LogP contribution in [0.4, 0.5) is 20.6 Å². The topological polar surface area (TPSA) is 44.4 Å². The third-order valence-electron chi connectivity index (χ3n) is 3.82. The summed E-state index contributed by atoms with van der Waals surface area (Å²) in [5.74, 6) is -0.206. The van der Waals surface area contributed by atoms with E-state index in [2.05, 4.69) is 15.5 Å². The minimum Gasteiger partial charge on any atom is -0.369 e. The first kappa shape index (κ1) is 15.6. The average Bonchev–Trinajstić information content (AvgIpc) is 2.92. The van der Waals surface area contributed by atoms with Crippen molar-refractivity contribution in [3.8, 4) is 0 Å². The molecule has 1 aliphatic heterocycles. The first-order chi connectivity index (χ1) is 11.1. The third-order valence-corrected chi connectivity index (χ3v) is 4.15. The number of carbonyl (C=O) groups excluding carboxylic acids is 1. The Hall–Kier alpha value is -2.27. The van der Waals surface area contributed by atoms with Gasteiger partial charge in [0.1, 0.15) is 5.82 Å². The lowest BCUT2D eigenvalue weighted by atomic mass is 10.2. The van der Waals surface area contributed by atoms with Gasteiger partial charge < -0.3 is 15.5 Å². The molecule has 6 heteroatoms. The maximum Gasteiger partial charge on any atom is 0.319 e. The molecule has 0 fully saturated rings. The number of hydrogen-bond donors (Lipinski definition) is 2. The maximum absolute atomic E-state index is 13.2. The highest BCUT2D eigenvalue weighted by atomic mass is 35.5. The van der Waals surface area contributed by atoms with Crippen molar-refractivity contribution < 1.29 is 9.18 Å². The lowest BCUT2D eigenvalue weighted by Crippen LogP contribution is -2.36. The van der Waals surface area contributed by atoms with Crippen LogP contribution in [0.1, 0.15) is 5.56 Å². The van der Waals surface area contributed by atoms with Gasteiger partial charge >= 0.3 is 6.03 Å². The van der Waals surface area contributed by atoms with Gasteiger partial charge in [0, 0.05) is 25.3 Å². The number of fused-ring (bicyclic) bond motifs is 1. The van der Waals surface area contributed by atoms with E-state index < -0.39 is 0 Å². The number of nitrogens with one attached hydrogen (secondary N) is 2. The Labute approximate surface area is 139 Å². The van der Waals surface area contributed by atoms with Crippen molar-refractivity contribution in [1.82, 2.24) is 5.32 Å². The van der Waals surface area contributed by atoms with Gasteiger partial charge in [0.25, 0.3) is 0 Å². The number of halogens is 2. The monoisotopic (exact) mass is 333 g/mol. The van der Waals surface area contributed by atoms with Crippen molar-refractivity contribution in [2.24, 2.45) is 0 Å². The lowest BCUT2D eigenvalue weighted by molar-refractivity contribution is 0.252. The number of para-hydroxylation sites is 1. The number of carbonyl (C=O) groups is 1. The van der Waals surface area contributed by atoms with Crippen LogP contribution in [0.3, 0.4) is 0 Å². The van der Waals surface area contributed by atoms with E-state index in [1.165, 1.54) is 6.07 Å². The summed E-state index contributed by atoms with van der Waals surface area (Å²) in [6, 6.07) is 11.6. The first-order valence-electron chi connectivity index (χ1n) is 7.46. The molecule has 0 aliphatic carbocycles. The van der Waals surface area contributed by atoms with Crippen molar-refractivity contribution in [3.63, 3.8) is 0 Å². The summed E-state index contributed by atoms with van der Waals surface area (Å²) in [5, 5.41) is 6.01. The number of benzene rings is 2. The van der Waals surface area contributed by atoms with E-state index in [1.807, 2.05) is 6.07 Å². The van der Waals surface area contributed by atoms with Crippen LogP contribution in [-0.2, 0) is 6.42 Å². The Kier molecular flexibility index (Phi) is 4.67. The SMILES string of the molecule is O=C(NCCN1CCc2cc(F)ccc21)Nc1ccccc1Cl. The molecule has 23 heavy (non-hydrogen) atoms. The van der Waals surface area contributed by atoms with E-state index >= 15 is 0 Å². The first-order valence-corrected chi connectivity index (χ1v) is 7.84. The molecule has 0 aromatic heterocycles. The van der Waals surface area contributed by atoms with Gasteiger partial charge in [-0.1, -0.05) is 23.7 Å². The van der Waals surface area contributed by atoms with Gasteiger partial charge in [0.05, 0.1) is 10.7 Å². The molecule has 1 aliphatic rings. The summed E-state index contributed by atoms with van der Waals surface area (Å²) < 4.78 is 13.2. The third kappa shape index (κ3) is 3.74. The van der Waals surface area contributed by atoms with Crippen LogP contribution in [-0.4, -0.2) is 25.7 Å². The van der Waals surface area contributed by atoms with E-state index in [9.17, 15) is 9.18 Å². The Morgan fingerprint density at radius 1 is 1.26 bits per heavy atom. The number of anilines is 2. The fourth-order valence-corrected chi connectivity index (χ4v) is 2.89. The Balaban J connectivity index is 1.49. The Morgan fingerprint density at radius 2 is 2.09 bits per heavy atom. The van der Waals surface area contributed by atoms with E-state index in [0.29, 0.717) is 23.8 Å². The second-order valence-electron chi connectivity index (χ2n) is 5.37. The van der Waals surface area contributed by atoms with Crippen LogP contribution in [0.25, 0.3) is 0 Å². The highest BCUT2D eigenvalue weighted by Gasteiger charge is 2.19. The zero-order valence-electron chi connectivity index (χ0n) is 12.5. The largest absolute Gasteiger partial charge is 0.369 e. The number of urea groups is 1. The van der Waals surface area contributed by atoms with E-state index in [-0.39, 0.29) is 11.8 Å². The van der Waals surface area contributed by atoms with Crippen LogP contribution in [0.2, 0.25) is 5.02 Å². The predicted octanol–water partition coefficient (Wildman–Crippen LogP) is 3.66. The molecular weight excluding hydrogens is 317 g/mol. The molecule has 0 radical (unpaired) electrons.